The number of hydrogen-bond acceptors (Lipinski definition) is 5. The molecular weight excluding hydrogens is 381 g/mol. The van der Waals surface area contributed by atoms with Crippen molar-refractivity contribution in [1.82, 2.24) is 19.9 Å². The first kappa shape index (κ1) is 18.1. The van der Waals surface area contributed by atoms with Crippen molar-refractivity contribution in [3.8, 4) is 11.1 Å². The molecule has 0 saturated heterocycles. The summed E-state index contributed by atoms with van der Waals surface area (Å²) in [6.07, 6.45) is 5.32. The van der Waals surface area contributed by atoms with E-state index >= 15 is 0 Å². The van der Waals surface area contributed by atoms with Crippen molar-refractivity contribution >= 4 is 34.0 Å². The first-order valence-corrected chi connectivity index (χ1v) is 8.98. The van der Waals surface area contributed by atoms with E-state index < -0.39 is 11.4 Å². The summed E-state index contributed by atoms with van der Waals surface area (Å²) < 4.78 is 14.3. The van der Waals surface area contributed by atoms with Gasteiger partial charge in [-0.15, -0.1) is 0 Å². The molecule has 3 aromatic heterocycles. The van der Waals surface area contributed by atoms with Crippen LogP contribution in [0.4, 0.5) is 15.9 Å². The van der Waals surface area contributed by atoms with E-state index in [4.69, 9.17) is 11.6 Å². The van der Waals surface area contributed by atoms with Gasteiger partial charge in [0.25, 0.3) is 5.56 Å². The highest BCUT2D eigenvalue weighted by Gasteiger charge is 2.15. The van der Waals surface area contributed by atoms with Crippen molar-refractivity contribution < 1.29 is 4.39 Å². The Labute approximate surface area is 164 Å². The predicted molar refractivity (Wildman–Crippen MR) is 107 cm³/mol. The molecule has 0 amide bonds. The maximum atomic E-state index is 14.3. The smallest absolute Gasteiger partial charge is 0.256 e. The molecule has 0 fully saturated rings. The van der Waals surface area contributed by atoms with Crippen LogP contribution in [0.25, 0.3) is 22.0 Å². The van der Waals surface area contributed by atoms with Crippen molar-refractivity contribution in [1.29, 1.82) is 0 Å². The number of pyridine rings is 2. The highest BCUT2D eigenvalue weighted by molar-refractivity contribution is 6.30. The first-order chi connectivity index (χ1) is 13.6. The Hall–Kier alpha value is -3.32. The van der Waals surface area contributed by atoms with E-state index in [9.17, 15) is 9.18 Å². The SMILES string of the molecule is CCc1[nH]c(=O)c(-c2cc(Cl)ccc2F)cc1Nc1ncnc2ccncc12. The van der Waals surface area contributed by atoms with E-state index in [2.05, 4.69) is 25.3 Å². The average molecular weight is 396 g/mol. The maximum Gasteiger partial charge on any atom is 0.256 e. The molecule has 140 valence electrons. The van der Waals surface area contributed by atoms with Crippen LogP contribution < -0.4 is 10.9 Å². The summed E-state index contributed by atoms with van der Waals surface area (Å²) in [5, 5.41) is 4.30. The zero-order valence-electron chi connectivity index (χ0n) is 14.8. The molecule has 0 aliphatic rings. The Morgan fingerprint density at radius 3 is 2.86 bits per heavy atom. The van der Waals surface area contributed by atoms with Crippen LogP contribution in [-0.2, 0) is 6.42 Å². The summed E-state index contributed by atoms with van der Waals surface area (Å²) in [4.78, 5) is 28.0. The van der Waals surface area contributed by atoms with Crippen LogP contribution in [0.15, 0.2) is 53.8 Å². The normalized spacial score (nSPS) is 11.0. The van der Waals surface area contributed by atoms with Crippen LogP contribution in [0.2, 0.25) is 5.02 Å². The van der Waals surface area contributed by atoms with E-state index in [-0.39, 0.29) is 11.1 Å². The molecule has 4 aromatic rings. The lowest BCUT2D eigenvalue weighted by atomic mass is 10.0. The first-order valence-electron chi connectivity index (χ1n) is 8.60. The quantitative estimate of drug-likeness (QED) is 0.532. The molecule has 0 aliphatic heterocycles. The van der Waals surface area contributed by atoms with Crippen molar-refractivity contribution in [2.24, 2.45) is 0 Å². The molecule has 0 spiro atoms. The second kappa shape index (κ2) is 7.36. The summed E-state index contributed by atoms with van der Waals surface area (Å²) in [7, 11) is 0. The van der Waals surface area contributed by atoms with Crippen LogP contribution in [0.3, 0.4) is 0 Å². The van der Waals surface area contributed by atoms with Gasteiger partial charge in [0.05, 0.1) is 22.2 Å². The summed E-state index contributed by atoms with van der Waals surface area (Å²) in [6, 6.07) is 7.50. The summed E-state index contributed by atoms with van der Waals surface area (Å²) >= 11 is 5.99. The van der Waals surface area contributed by atoms with Crippen LogP contribution >= 0.6 is 11.6 Å². The highest BCUT2D eigenvalue weighted by Crippen LogP contribution is 2.29. The van der Waals surface area contributed by atoms with Gasteiger partial charge in [0.2, 0.25) is 0 Å². The predicted octanol–water partition coefficient (Wildman–Crippen LogP) is 4.48. The molecule has 0 bridgehead atoms. The van der Waals surface area contributed by atoms with Crippen LogP contribution in [0.1, 0.15) is 12.6 Å². The molecule has 8 heteroatoms. The average Bonchev–Trinajstić information content (AvgIpc) is 2.71. The molecule has 1 aromatic carbocycles. The van der Waals surface area contributed by atoms with Gasteiger partial charge in [-0.3, -0.25) is 9.78 Å². The number of anilines is 2. The lowest BCUT2D eigenvalue weighted by molar-refractivity contribution is 0.631. The fourth-order valence-corrected chi connectivity index (χ4v) is 3.16. The van der Waals surface area contributed by atoms with Gasteiger partial charge >= 0.3 is 0 Å². The third-order valence-electron chi connectivity index (χ3n) is 4.38. The molecule has 4 rings (SSSR count). The van der Waals surface area contributed by atoms with Gasteiger partial charge in [-0.25, -0.2) is 14.4 Å². The Balaban J connectivity index is 1.87. The zero-order chi connectivity index (χ0) is 19.7. The Bertz CT molecular complexity index is 1240. The number of halogens is 2. The molecule has 0 aliphatic carbocycles. The third-order valence-corrected chi connectivity index (χ3v) is 4.62. The molecule has 2 N–H and O–H groups in total. The van der Waals surface area contributed by atoms with Gasteiger partial charge in [-0.05, 0) is 36.8 Å². The number of aryl methyl sites for hydroxylation is 1. The van der Waals surface area contributed by atoms with E-state index in [0.29, 0.717) is 28.6 Å². The number of benzene rings is 1. The fourth-order valence-electron chi connectivity index (χ4n) is 2.99. The standard InChI is InChI=1S/C20H15ClFN5O/c1-2-16-18(26-19-14-9-23-6-5-17(14)24-10-25-19)8-13(20(28)27-16)12-7-11(21)3-4-15(12)22/h3-10H,2H2,1H3,(H,27,28)(H,24,25,26). The van der Waals surface area contributed by atoms with E-state index in [1.54, 1.807) is 24.5 Å². The monoisotopic (exact) mass is 395 g/mol. The molecule has 28 heavy (non-hydrogen) atoms. The number of aromatic amines is 1. The molecule has 0 unspecified atom stereocenters. The lowest BCUT2D eigenvalue weighted by Crippen LogP contribution is -2.14. The minimum Gasteiger partial charge on any atom is -0.338 e. The number of nitrogens with zero attached hydrogens (tertiary/aromatic N) is 3. The number of hydrogen-bond donors (Lipinski definition) is 2. The Morgan fingerprint density at radius 2 is 2.04 bits per heavy atom. The Morgan fingerprint density at radius 1 is 1.18 bits per heavy atom. The number of nitrogens with one attached hydrogen (secondary N) is 2. The van der Waals surface area contributed by atoms with Crippen molar-refractivity contribution in [2.45, 2.75) is 13.3 Å². The summed E-state index contributed by atoms with van der Waals surface area (Å²) in [5.74, 6) is 0.0131. The molecule has 0 radical (unpaired) electrons. The van der Waals surface area contributed by atoms with Crippen molar-refractivity contribution in [2.75, 3.05) is 5.32 Å². The third kappa shape index (κ3) is 3.32. The molecular formula is C20H15ClFN5O. The topological polar surface area (TPSA) is 83.6 Å². The highest BCUT2D eigenvalue weighted by atomic mass is 35.5. The molecule has 0 atom stereocenters. The van der Waals surface area contributed by atoms with Gasteiger partial charge in [-0.2, -0.15) is 0 Å². The molecule has 3 heterocycles. The van der Waals surface area contributed by atoms with Gasteiger partial charge < -0.3 is 10.3 Å². The minimum absolute atomic E-state index is 0.133. The van der Waals surface area contributed by atoms with Crippen LogP contribution in [0.5, 0.6) is 0 Å². The maximum absolute atomic E-state index is 14.3. The van der Waals surface area contributed by atoms with E-state index in [1.165, 1.54) is 24.5 Å². The molecule has 6 nitrogen and oxygen atoms in total. The number of H-pyrrole nitrogens is 1. The van der Waals surface area contributed by atoms with Crippen LogP contribution in [-0.4, -0.2) is 19.9 Å². The van der Waals surface area contributed by atoms with Gasteiger partial charge in [0.1, 0.15) is 18.0 Å². The fraction of sp³-hybridized carbons (Fsp3) is 0.100. The van der Waals surface area contributed by atoms with E-state index in [0.717, 1.165) is 10.9 Å². The number of rotatable bonds is 4. The molecule has 0 saturated carbocycles. The van der Waals surface area contributed by atoms with Gasteiger partial charge in [-0.1, -0.05) is 18.5 Å². The van der Waals surface area contributed by atoms with Gasteiger partial charge in [0, 0.05) is 28.7 Å². The summed E-state index contributed by atoms with van der Waals surface area (Å²) in [5.41, 5.74) is 1.94. The van der Waals surface area contributed by atoms with Crippen molar-refractivity contribution in [3.05, 3.63) is 75.9 Å². The second-order valence-electron chi connectivity index (χ2n) is 6.12. The lowest BCUT2D eigenvalue weighted by Gasteiger charge is -2.14. The van der Waals surface area contributed by atoms with E-state index in [1.807, 2.05) is 6.92 Å². The van der Waals surface area contributed by atoms with Crippen LogP contribution in [0, 0.1) is 5.82 Å². The Kier molecular flexibility index (Phi) is 4.75. The zero-order valence-corrected chi connectivity index (χ0v) is 15.6. The minimum atomic E-state index is -0.526. The summed E-state index contributed by atoms with van der Waals surface area (Å²) in [6.45, 7) is 1.91. The van der Waals surface area contributed by atoms with Crippen molar-refractivity contribution in [3.63, 3.8) is 0 Å². The second-order valence-corrected chi connectivity index (χ2v) is 6.56. The number of fused-ring (bicyclic) bond motifs is 1. The largest absolute Gasteiger partial charge is 0.338 e. The number of aromatic nitrogens is 4. The van der Waals surface area contributed by atoms with Gasteiger partial charge in [0.15, 0.2) is 0 Å².